The first-order chi connectivity index (χ1) is 7.67. The second-order valence-electron chi connectivity index (χ2n) is 3.19. The zero-order valence-corrected chi connectivity index (χ0v) is 8.90. The minimum absolute atomic E-state index is 0.0787. The number of hydrogen-bond acceptors (Lipinski definition) is 4. The van der Waals surface area contributed by atoms with Gasteiger partial charge < -0.3 is 4.74 Å². The number of hydrogen-bond donors (Lipinski definition) is 0. The summed E-state index contributed by atoms with van der Waals surface area (Å²) in [4.78, 5) is 22.4. The Labute approximate surface area is 93.5 Å². The van der Waals surface area contributed by atoms with Crippen LogP contribution in [0.3, 0.4) is 0 Å². The van der Waals surface area contributed by atoms with Gasteiger partial charge in [0, 0.05) is 12.0 Å². The standard InChI is InChI=1S/C12H11NO3/c1-16-12(15)7-6-11(14)10-4-2-9(8-13)3-5-10/h2-5H,6-7H2,1H3. The van der Waals surface area contributed by atoms with E-state index >= 15 is 0 Å². The third kappa shape index (κ3) is 3.21. The molecule has 0 N–H and O–H groups in total. The van der Waals surface area contributed by atoms with Crippen LogP contribution in [0.15, 0.2) is 24.3 Å². The van der Waals surface area contributed by atoms with E-state index in [1.807, 2.05) is 6.07 Å². The molecule has 0 unspecified atom stereocenters. The Morgan fingerprint density at radius 2 is 1.88 bits per heavy atom. The summed E-state index contributed by atoms with van der Waals surface area (Å²) in [5, 5.41) is 8.58. The highest BCUT2D eigenvalue weighted by molar-refractivity contribution is 5.97. The van der Waals surface area contributed by atoms with Gasteiger partial charge in [0.2, 0.25) is 0 Å². The van der Waals surface area contributed by atoms with Gasteiger partial charge >= 0.3 is 5.97 Å². The molecule has 0 saturated carbocycles. The lowest BCUT2D eigenvalue weighted by Crippen LogP contribution is -2.05. The van der Waals surface area contributed by atoms with Gasteiger partial charge in [-0.2, -0.15) is 5.26 Å². The number of rotatable bonds is 4. The lowest BCUT2D eigenvalue weighted by molar-refractivity contribution is -0.140. The largest absolute Gasteiger partial charge is 0.469 e. The Morgan fingerprint density at radius 1 is 1.25 bits per heavy atom. The molecule has 0 bridgehead atoms. The summed E-state index contributed by atoms with van der Waals surface area (Å²) in [6.07, 6.45) is 0.202. The van der Waals surface area contributed by atoms with Crippen molar-refractivity contribution in [2.45, 2.75) is 12.8 Å². The predicted octanol–water partition coefficient (Wildman–Crippen LogP) is 1.69. The molecule has 0 saturated heterocycles. The molecule has 0 aliphatic heterocycles. The number of nitrogens with zero attached hydrogens (tertiary/aromatic N) is 1. The third-order valence-electron chi connectivity index (χ3n) is 2.12. The van der Waals surface area contributed by atoms with Crippen LogP contribution in [0.25, 0.3) is 0 Å². The molecule has 1 aromatic carbocycles. The number of benzene rings is 1. The molecular formula is C12H11NO3. The molecule has 16 heavy (non-hydrogen) atoms. The molecule has 0 aromatic heterocycles. The van der Waals surface area contributed by atoms with Crippen LogP contribution in [0.2, 0.25) is 0 Å². The second-order valence-corrected chi connectivity index (χ2v) is 3.19. The van der Waals surface area contributed by atoms with Crippen LogP contribution < -0.4 is 0 Å². The van der Waals surface area contributed by atoms with Gasteiger partial charge in [-0.25, -0.2) is 0 Å². The molecule has 1 aromatic rings. The fourth-order valence-electron chi connectivity index (χ4n) is 1.19. The number of esters is 1. The summed E-state index contributed by atoms with van der Waals surface area (Å²) in [5.41, 5.74) is 1.01. The van der Waals surface area contributed by atoms with E-state index in [0.29, 0.717) is 11.1 Å². The average molecular weight is 217 g/mol. The number of carbonyl (C=O) groups is 2. The highest BCUT2D eigenvalue weighted by Crippen LogP contribution is 2.08. The van der Waals surface area contributed by atoms with Gasteiger partial charge in [-0.05, 0) is 12.1 Å². The summed E-state index contributed by atoms with van der Waals surface area (Å²) < 4.78 is 4.44. The van der Waals surface area contributed by atoms with Gasteiger partial charge in [0.15, 0.2) is 5.78 Å². The van der Waals surface area contributed by atoms with Crippen molar-refractivity contribution in [2.75, 3.05) is 7.11 Å². The fraction of sp³-hybridized carbons (Fsp3) is 0.250. The number of ether oxygens (including phenoxy) is 1. The van der Waals surface area contributed by atoms with Gasteiger partial charge in [0.25, 0.3) is 0 Å². The summed E-state index contributed by atoms with van der Waals surface area (Å²) in [7, 11) is 1.29. The topological polar surface area (TPSA) is 67.2 Å². The van der Waals surface area contributed by atoms with E-state index in [1.165, 1.54) is 7.11 Å². The summed E-state index contributed by atoms with van der Waals surface area (Å²) in [6, 6.07) is 8.28. The van der Waals surface area contributed by atoms with Crippen LogP contribution in [0, 0.1) is 11.3 Å². The molecule has 0 heterocycles. The van der Waals surface area contributed by atoms with Gasteiger partial charge in [-0.1, -0.05) is 12.1 Å². The predicted molar refractivity (Wildman–Crippen MR) is 56.7 cm³/mol. The molecular weight excluding hydrogens is 206 g/mol. The Bertz CT molecular complexity index is 429. The highest BCUT2D eigenvalue weighted by Gasteiger charge is 2.09. The van der Waals surface area contributed by atoms with Crippen molar-refractivity contribution < 1.29 is 14.3 Å². The van der Waals surface area contributed by atoms with Crippen LogP contribution >= 0.6 is 0 Å². The van der Waals surface area contributed by atoms with Crippen molar-refractivity contribution in [3.05, 3.63) is 35.4 Å². The van der Waals surface area contributed by atoms with Crippen LogP contribution in [0.1, 0.15) is 28.8 Å². The number of carbonyl (C=O) groups excluding carboxylic acids is 2. The molecule has 0 spiro atoms. The average Bonchev–Trinajstić information content (AvgIpc) is 2.35. The molecule has 4 nitrogen and oxygen atoms in total. The monoisotopic (exact) mass is 217 g/mol. The number of methoxy groups -OCH3 is 1. The minimum Gasteiger partial charge on any atom is -0.469 e. The zero-order chi connectivity index (χ0) is 12.0. The maximum Gasteiger partial charge on any atom is 0.305 e. The maximum absolute atomic E-state index is 11.6. The molecule has 0 radical (unpaired) electrons. The quantitative estimate of drug-likeness (QED) is 0.568. The Hall–Kier alpha value is -2.15. The summed E-state index contributed by atoms with van der Waals surface area (Å²) in [5.74, 6) is -0.531. The van der Waals surface area contributed by atoms with Crippen molar-refractivity contribution in [2.24, 2.45) is 0 Å². The summed E-state index contributed by atoms with van der Waals surface area (Å²) >= 11 is 0. The van der Waals surface area contributed by atoms with Crippen LogP contribution in [-0.2, 0) is 9.53 Å². The Balaban J connectivity index is 2.60. The Morgan fingerprint density at radius 3 is 2.38 bits per heavy atom. The maximum atomic E-state index is 11.6. The van der Waals surface area contributed by atoms with E-state index in [1.54, 1.807) is 24.3 Å². The van der Waals surface area contributed by atoms with E-state index in [2.05, 4.69) is 4.74 Å². The van der Waals surface area contributed by atoms with Crippen molar-refractivity contribution in [3.63, 3.8) is 0 Å². The number of Topliss-reactive ketones (excluding diaryl/α,β-unsaturated/α-hetero) is 1. The second kappa shape index (κ2) is 5.66. The van der Waals surface area contributed by atoms with E-state index < -0.39 is 5.97 Å². The third-order valence-corrected chi connectivity index (χ3v) is 2.12. The van der Waals surface area contributed by atoms with E-state index in [0.717, 1.165) is 0 Å². The van der Waals surface area contributed by atoms with Crippen molar-refractivity contribution in [1.82, 2.24) is 0 Å². The molecule has 0 amide bonds. The molecule has 0 aliphatic carbocycles. The van der Waals surface area contributed by atoms with Crippen LogP contribution in [0.5, 0.6) is 0 Å². The lowest BCUT2D eigenvalue weighted by Gasteiger charge is -2.00. The highest BCUT2D eigenvalue weighted by atomic mass is 16.5. The van der Waals surface area contributed by atoms with Gasteiger partial charge in [-0.3, -0.25) is 9.59 Å². The van der Waals surface area contributed by atoms with Gasteiger partial charge in [-0.15, -0.1) is 0 Å². The first-order valence-corrected chi connectivity index (χ1v) is 4.77. The molecule has 82 valence electrons. The fourth-order valence-corrected chi connectivity index (χ4v) is 1.19. The van der Waals surface area contributed by atoms with E-state index in [9.17, 15) is 9.59 Å². The van der Waals surface area contributed by atoms with Gasteiger partial charge in [0.1, 0.15) is 0 Å². The molecule has 0 fully saturated rings. The lowest BCUT2D eigenvalue weighted by atomic mass is 10.1. The van der Waals surface area contributed by atoms with Crippen molar-refractivity contribution >= 4 is 11.8 Å². The smallest absolute Gasteiger partial charge is 0.305 e. The number of nitriles is 1. The zero-order valence-electron chi connectivity index (χ0n) is 8.90. The van der Waals surface area contributed by atoms with E-state index in [4.69, 9.17) is 5.26 Å². The van der Waals surface area contributed by atoms with E-state index in [-0.39, 0.29) is 18.6 Å². The normalized spacial score (nSPS) is 9.25. The molecule has 0 aliphatic rings. The van der Waals surface area contributed by atoms with Crippen molar-refractivity contribution in [3.8, 4) is 6.07 Å². The van der Waals surface area contributed by atoms with Crippen LogP contribution in [0.4, 0.5) is 0 Å². The first-order valence-electron chi connectivity index (χ1n) is 4.77. The minimum atomic E-state index is -0.401. The SMILES string of the molecule is COC(=O)CCC(=O)c1ccc(C#N)cc1. The van der Waals surface area contributed by atoms with Crippen LogP contribution in [-0.4, -0.2) is 18.9 Å². The van der Waals surface area contributed by atoms with Gasteiger partial charge in [0.05, 0.1) is 25.2 Å². The first kappa shape index (κ1) is 11.9. The molecule has 1 rings (SSSR count). The molecule has 0 atom stereocenters. The summed E-state index contributed by atoms with van der Waals surface area (Å²) in [6.45, 7) is 0. The Kier molecular flexibility index (Phi) is 4.22. The van der Waals surface area contributed by atoms with Crippen molar-refractivity contribution in [1.29, 1.82) is 5.26 Å². The molecule has 4 heteroatoms. The number of ketones is 1.